The van der Waals surface area contributed by atoms with Crippen molar-refractivity contribution in [2.75, 3.05) is 135 Å². The summed E-state index contributed by atoms with van der Waals surface area (Å²) in [4.78, 5) is 0. The van der Waals surface area contributed by atoms with Gasteiger partial charge in [-0.3, -0.25) is 0 Å². The molecule has 0 saturated carbocycles. The van der Waals surface area contributed by atoms with E-state index in [1.165, 1.54) is 0 Å². The van der Waals surface area contributed by atoms with Crippen molar-refractivity contribution in [1.29, 1.82) is 0 Å². The Morgan fingerprint density at radius 1 is 0.394 bits per heavy atom. The molecule has 0 heterocycles. The van der Waals surface area contributed by atoms with Gasteiger partial charge in [-0.2, -0.15) is 0 Å². The molecule has 0 radical (unpaired) electrons. The SMILES string of the molecule is CCN(CC)[P+](N(CCOC)CCOC)(N(CCOC)CCOC)N(CCOC)CCOC. The maximum absolute atomic E-state index is 5.56. The molecule has 0 aromatic heterocycles. The number of hydrogen-bond acceptors (Lipinski definition) is 10. The predicted octanol–water partition coefficient (Wildman–Crippen LogP) is 1.79. The molecule has 0 bridgehead atoms. The van der Waals surface area contributed by atoms with Crippen LogP contribution in [0.2, 0.25) is 0 Å². The summed E-state index contributed by atoms with van der Waals surface area (Å²) in [5.41, 5.74) is 0. The Bertz CT molecular complexity index is 363. The van der Waals surface area contributed by atoms with E-state index in [2.05, 4.69) is 32.5 Å². The molecule has 0 fully saturated rings. The van der Waals surface area contributed by atoms with Crippen LogP contribution in [0, 0.1) is 0 Å². The molecule has 0 aromatic carbocycles. The zero-order valence-corrected chi connectivity index (χ0v) is 23.5. The third-order valence-electron chi connectivity index (χ3n) is 5.57. The fourth-order valence-corrected chi connectivity index (χ4v) is 9.00. The van der Waals surface area contributed by atoms with E-state index in [-0.39, 0.29) is 0 Å². The van der Waals surface area contributed by atoms with Gasteiger partial charge >= 0.3 is 7.87 Å². The summed E-state index contributed by atoms with van der Waals surface area (Å²) in [6.07, 6.45) is 0. The fourth-order valence-electron chi connectivity index (χ4n) is 4.00. The number of hydrogen-bond donors (Lipinski definition) is 0. The Hall–Kier alpha value is 0.0300. The van der Waals surface area contributed by atoms with Gasteiger partial charge in [0.1, 0.15) is 0 Å². The Labute approximate surface area is 203 Å². The van der Waals surface area contributed by atoms with Crippen LogP contribution >= 0.6 is 7.87 Å². The maximum Gasteiger partial charge on any atom is 0.309 e. The smallest absolute Gasteiger partial charge is 0.309 e. The van der Waals surface area contributed by atoms with Crippen LogP contribution in [0.15, 0.2) is 0 Å². The lowest BCUT2D eigenvalue weighted by Gasteiger charge is -2.51. The number of rotatable bonds is 24. The number of ether oxygens (including phenoxy) is 6. The number of nitrogens with zero attached hydrogens (tertiary/aromatic N) is 4. The maximum atomic E-state index is 5.56. The van der Waals surface area contributed by atoms with E-state index in [9.17, 15) is 0 Å². The van der Waals surface area contributed by atoms with Gasteiger partial charge in [0.05, 0.1) is 78.9 Å². The molecule has 0 spiro atoms. The van der Waals surface area contributed by atoms with Crippen LogP contribution in [0.25, 0.3) is 0 Å². The van der Waals surface area contributed by atoms with Crippen LogP contribution in [0.1, 0.15) is 13.8 Å². The molecule has 0 amide bonds. The summed E-state index contributed by atoms with van der Waals surface area (Å²) in [7, 11) is 8.28. The van der Waals surface area contributed by atoms with Crippen molar-refractivity contribution in [3.63, 3.8) is 0 Å². The largest absolute Gasteiger partial charge is 0.383 e. The van der Waals surface area contributed by atoms with Crippen molar-refractivity contribution in [3.8, 4) is 0 Å². The summed E-state index contributed by atoms with van der Waals surface area (Å²) < 4.78 is 43.7. The molecule has 33 heavy (non-hydrogen) atoms. The summed E-state index contributed by atoms with van der Waals surface area (Å²) in [6, 6.07) is 0. The number of methoxy groups -OCH3 is 6. The topological polar surface area (TPSA) is 68.3 Å². The summed E-state index contributed by atoms with van der Waals surface area (Å²) >= 11 is 0. The van der Waals surface area contributed by atoms with Gasteiger partial charge in [0.15, 0.2) is 0 Å². The third kappa shape index (κ3) is 10.7. The van der Waals surface area contributed by atoms with Gasteiger partial charge in [0, 0.05) is 55.7 Å². The van der Waals surface area contributed by atoms with Crippen molar-refractivity contribution >= 4 is 7.87 Å². The van der Waals surface area contributed by atoms with E-state index in [0.29, 0.717) is 39.6 Å². The zero-order chi connectivity index (χ0) is 25.0. The monoisotopic (exact) mass is 499 g/mol. The molecule has 0 saturated heterocycles. The molecule has 11 heteroatoms. The van der Waals surface area contributed by atoms with Crippen molar-refractivity contribution in [3.05, 3.63) is 0 Å². The Kier molecular flexibility index (Phi) is 21.3. The van der Waals surface area contributed by atoms with E-state index in [1.54, 1.807) is 42.7 Å². The van der Waals surface area contributed by atoms with Crippen LogP contribution in [0.3, 0.4) is 0 Å². The summed E-state index contributed by atoms with van der Waals surface area (Å²) in [6.45, 7) is 14.8. The summed E-state index contributed by atoms with van der Waals surface area (Å²) in [5, 5.41) is 0. The Morgan fingerprint density at radius 3 is 0.758 bits per heavy atom. The minimum absolute atomic E-state index is 0.636. The van der Waals surface area contributed by atoms with Crippen molar-refractivity contribution in [1.82, 2.24) is 18.7 Å². The van der Waals surface area contributed by atoms with E-state index in [1.807, 2.05) is 0 Å². The van der Waals surface area contributed by atoms with E-state index >= 15 is 0 Å². The first-order valence-electron chi connectivity index (χ1n) is 11.9. The molecule has 200 valence electrons. The average Bonchev–Trinajstić information content (AvgIpc) is 2.83. The van der Waals surface area contributed by atoms with Gasteiger partial charge in [-0.15, -0.1) is 18.7 Å². The molecular formula is C22H52N4O6P+. The van der Waals surface area contributed by atoms with E-state index in [0.717, 1.165) is 52.4 Å². The Morgan fingerprint density at radius 2 is 0.606 bits per heavy atom. The van der Waals surface area contributed by atoms with Crippen LogP contribution in [0.4, 0.5) is 0 Å². The Balaban J connectivity index is 6.87. The molecular weight excluding hydrogens is 447 g/mol. The molecule has 0 aliphatic rings. The molecule has 10 nitrogen and oxygen atoms in total. The lowest BCUT2D eigenvalue weighted by Crippen LogP contribution is -2.56. The molecule has 0 aliphatic heterocycles. The second-order valence-corrected chi connectivity index (χ2v) is 10.8. The second-order valence-electron chi connectivity index (χ2n) is 7.49. The predicted molar refractivity (Wildman–Crippen MR) is 136 cm³/mol. The fraction of sp³-hybridized carbons (Fsp3) is 1.00. The standard InChI is InChI=1S/C22H52N4O6P/c1-9-23(10-2)33(24(11-17-27-3)12-18-28-4,25(13-19-29-5)14-20-30-6)26(15-21-31-7)16-22-32-8/h9-22H2,1-8H3/q+1. The first kappa shape index (κ1) is 33.0. The highest BCUT2D eigenvalue weighted by molar-refractivity contribution is 7.66. The lowest BCUT2D eigenvalue weighted by molar-refractivity contribution is 0.102. The third-order valence-corrected chi connectivity index (χ3v) is 10.4. The highest BCUT2D eigenvalue weighted by Crippen LogP contribution is 2.69. The quantitative estimate of drug-likeness (QED) is 0.184. The summed E-state index contributed by atoms with van der Waals surface area (Å²) in [5.74, 6) is 0. The normalized spacial score (nSPS) is 12.7. The minimum Gasteiger partial charge on any atom is -0.383 e. The minimum atomic E-state index is -2.26. The molecule has 0 atom stereocenters. The van der Waals surface area contributed by atoms with Crippen LogP contribution < -0.4 is 0 Å². The van der Waals surface area contributed by atoms with Crippen molar-refractivity contribution < 1.29 is 28.4 Å². The molecule has 0 unspecified atom stereocenters. The van der Waals surface area contributed by atoms with Gasteiger partial charge in [0.25, 0.3) is 0 Å². The highest BCUT2D eigenvalue weighted by Gasteiger charge is 2.60. The van der Waals surface area contributed by atoms with Crippen LogP contribution in [0.5, 0.6) is 0 Å². The van der Waals surface area contributed by atoms with Gasteiger partial charge in [-0.05, 0) is 13.8 Å². The van der Waals surface area contributed by atoms with Gasteiger partial charge in [0.2, 0.25) is 0 Å². The second kappa shape index (κ2) is 21.3. The lowest BCUT2D eigenvalue weighted by atomic mass is 10.6. The average molecular weight is 500 g/mol. The first-order chi connectivity index (χ1) is 16.1. The molecule has 0 rings (SSSR count). The van der Waals surface area contributed by atoms with Crippen molar-refractivity contribution in [2.24, 2.45) is 0 Å². The van der Waals surface area contributed by atoms with Crippen LogP contribution in [-0.2, 0) is 28.4 Å². The van der Waals surface area contributed by atoms with E-state index < -0.39 is 7.87 Å². The van der Waals surface area contributed by atoms with E-state index in [4.69, 9.17) is 28.4 Å². The highest BCUT2D eigenvalue weighted by atomic mass is 31.2. The van der Waals surface area contributed by atoms with Crippen molar-refractivity contribution in [2.45, 2.75) is 13.8 Å². The van der Waals surface area contributed by atoms with Gasteiger partial charge in [-0.25, -0.2) is 0 Å². The first-order valence-corrected chi connectivity index (χ1v) is 13.5. The molecule has 0 N–H and O–H groups in total. The molecule has 0 aliphatic carbocycles. The van der Waals surface area contributed by atoms with Gasteiger partial charge in [-0.1, -0.05) is 0 Å². The van der Waals surface area contributed by atoms with Gasteiger partial charge < -0.3 is 28.4 Å². The zero-order valence-electron chi connectivity index (χ0n) is 22.6. The molecule has 0 aromatic rings. The van der Waals surface area contributed by atoms with Crippen LogP contribution in [-0.4, -0.2) is 153 Å².